The van der Waals surface area contributed by atoms with Gasteiger partial charge in [0.1, 0.15) is 0 Å². The molecule has 1 unspecified atom stereocenters. The van der Waals surface area contributed by atoms with Gasteiger partial charge in [-0.25, -0.2) is 4.98 Å². The smallest absolute Gasteiger partial charge is 0.0801 e. The van der Waals surface area contributed by atoms with Crippen LogP contribution < -0.4 is 5.73 Å². The van der Waals surface area contributed by atoms with Gasteiger partial charge in [0.2, 0.25) is 0 Å². The molecule has 2 heterocycles. The number of benzene rings is 2. The highest BCUT2D eigenvalue weighted by Gasteiger charge is 2.20. The van der Waals surface area contributed by atoms with E-state index in [-0.39, 0.29) is 6.04 Å². The van der Waals surface area contributed by atoms with Gasteiger partial charge < -0.3 is 5.73 Å². The normalized spacial score (nSPS) is 15.4. The molecule has 0 saturated heterocycles. The second-order valence-electron chi connectivity index (χ2n) is 6.43. The molecule has 3 aromatic rings. The van der Waals surface area contributed by atoms with Crippen LogP contribution in [0, 0.1) is 6.92 Å². The van der Waals surface area contributed by atoms with Crippen molar-refractivity contribution in [2.24, 2.45) is 5.73 Å². The van der Waals surface area contributed by atoms with Crippen molar-refractivity contribution in [3.63, 3.8) is 0 Å². The first-order valence-corrected chi connectivity index (χ1v) is 9.14. The van der Waals surface area contributed by atoms with E-state index in [2.05, 4.69) is 65.3 Å². The van der Waals surface area contributed by atoms with Crippen molar-refractivity contribution >= 4 is 11.3 Å². The van der Waals surface area contributed by atoms with E-state index in [9.17, 15) is 0 Å². The third-order valence-corrected chi connectivity index (χ3v) is 5.69. The minimum Gasteiger partial charge on any atom is -0.323 e. The fraction of sp³-hybridized carbons (Fsp3) is 0.250. The number of thiazole rings is 1. The zero-order chi connectivity index (χ0) is 16.5. The van der Waals surface area contributed by atoms with Gasteiger partial charge in [0, 0.05) is 25.7 Å². The van der Waals surface area contributed by atoms with Crippen LogP contribution in [0.1, 0.15) is 28.4 Å². The molecule has 0 bridgehead atoms. The number of aryl methyl sites for hydroxylation is 1. The minimum absolute atomic E-state index is 0.0379. The second-order valence-corrected chi connectivity index (χ2v) is 7.29. The van der Waals surface area contributed by atoms with Crippen LogP contribution in [0.4, 0.5) is 0 Å². The van der Waals surface area contributed by atoms with Gasteiger partial charge in [-0.05, 0) is 29.2 Å². The lowest BCUT2D eigenvalue weighted by atomic mass is 10.0. The fourth-order valence-corrected chi connectivity index (χ4v) is 4.19. The van der Waals surface area contributed by atoms with E-state index in [1.54, 1.807) is 11.3 Å². The van der Waals surface area contributed by atoms with E-state index < -0.39 is 0 Å². The molecule has 1 aromatic heterocycles. The maximum absolute atomic E-state index is 6.46. The molecule has 2 N–H and O–H groups in total. The Morgan fingerprint density at radius 1 is 1.08 bits per heavy atom. The van der Waals surface area contributed by atoms with E-state index in [1.165, 1.54) is 27.1 Å². The molecule has 0 aliphatic carbocycles. The summed E-state index contributed by atoms with van der Waals surface area (Å²) < 4.78 is 0. The van der Waals surface area contributed by atoms with Gasteiger partial charge in [-0.1, -0.05) is 48.5 Å². The Morgan fingerprint density at radius 2 is 1.75 bits per heavy atom. The van der Waals surface area contributed by atoms with Gasteiger partial charge in [0.15, 0.2) is 0 Å². The highest BCUT2D eigenvalue weighted by Crippen LogP contribution is 2.29. The Kier molecular flexibility index (Phi) is 4.19. The van der Waals surface area contributed by atoms with Crippen LogP contribution in [0.2, 0.25) is 0 Å². The van der Waals surface area contributed by atoms with Gasteiger partial charge >= 0.3 is 0 Å². The Balaban J connectivity index is 1.44. The van der Waals surface area contributed by atoms with Gasteiger partial charge in [0.25, 0.3) is 0 Å². The topological polar surface area (TPSA) is 42.1 Å². The summed E-state index contributed by atoms with van der Waals surface area (Å²) in [5.74, 6) is 0. The summed E-state index contributed by atoms with van der Waals surface area (Å²) in [6.07, 6.45) is 0. The van der Waals surface area contributed by atoms with Crippen LogP contribution >= 0.6 is 11.3 Å². The number of nitrogens with two attached hydrogens (primary N) is 1. The summed E-state index contributed by atoms with van der Waals surface area (Å²) in [5, 5.41) is 0. The predicted molar refractivity (Wildman–Crippen MR) is 99.8 cm³/mol. The first-order valence-electron chi connectivity index (χ1n) is 8.26. The Hall–Kier alpha value is -2.01. The van der Waals surface area contributed by atoms with Crippen molar-refractivity contribution in [2.75, 3.05) is 6.54 Å². The van der Waals surface area contributed by atoms with Crippen molar-refractivity contribution < 1.29 is 0 Å². The van der Waals surface area contributed by atoms with Crippen molar-refractivity contribution in [3.8, 4) is 10.4 Å². The number of hydrogen-bond acceptors (Lipinski definition) is 4. The second kappa shape index (κ2) is 6.48. The third kappa shape index (κ3) is 3.00. The minimum atomic E-state index is 0.0379. The average molecular weight is 335 g/mol. The van der Waals surface area contributed by atoms with E-state index in [0.29, 0.717) is 0 Å². The van der Waals surface area contributed by atoms with Crippen LogP contribution in [0.15, 0.2) is 54.0 Å². The van der Waals surface area contributed by atoms with E-state index in [1.807, 2.05) is 5.51 Å². The zero-order valence-electron chi connectivity index (χ0n) is 13.8. The Labute approximate surface area is 146 Å². The number of rotatable bonds is 4. The number of fused-ring (bicyclic) bond motifs is 1. The molecule has 3 nitrogen and oxygen atoms in total. The molecule has 0 radical (unpaired) electrons. The molecular weight excluding hydrogens is 314 g/mol. The largest absolute Gasteiger partial charge is 0.323 e. The van der Waals surface area contributed by atoms with Gasteiger partial charge in [0.05, 0.1) is 16.1 Å². The maximum atomic E-state index is 6.46. The number of nitrogens with zero attached hydrogens (tertiary/aromatic N) is 2. The number of aromatic nitrogens is 1. The van der Waals surface area contributed by atoms with Gasteiger partial charge in [-0.2, -0.15) is 0 Å². The Bertz CT molecular complexity index is 813. The molecule has 0 spiro atoms. The van der Waals surface area contributed by atoms with Crippen molar-refractivity contribution in [3.05, 3.63) is 76.4 Å². The molecule has 0 amide bonds. The predicted octanol–water partition coefficient (Wildman–Crippen LogP) is 4.13. The third-order valence-electron chi connectivity index (χ3n) is 4.71. The molecule has 24 heavy (non-hydrogen) atoms. The molecule has 1 aliphatic rings. The summed E-state index contributed by atoms with van der Waals surface area (Å²) in [4.78, 5) is 7.99. The standard InChI is InChI=1S/C20H21N3S/c1-14-20(24-13-22-14)16-8-6-15(7-9-16)19(21)12-23-10-17-4-2-3-5-18(17)11-23/h2-9,13,19H,10-12,21H2,1H3. The summed E-state index contributed by atoms with van der Waals surface area (Å²) >= 11 is 1.69. The van der Waals surface area contributed by atoms with Crippen LogP contribution in [0.5, 0.6) is 0 Å². The Morgan fingerprint density at radius 3 is 2.33 bits per heavy atom. The SMILES string of the molecule is Cc1ncsc1-c1ccc(C(N)CN2Cc3ccccc3C2)cc1. The molecule has 2 aromatic carbocycles. The summed E-state index contributed by atoms with van der Waals surface area (Å²) in [6.45, 7) is 4.94. The van der Waals surface area contributed by atoms with Gasteiger partial charge in [-0.3, -0.25) is 4.90 Å². The first kappa shape index (κ1) is 15.5. The lowest BCUT2D eigenvalue weighted by Gasteiger charge is -2.20. The molecule has 0 saturated carbocycles. The molecule has 122 valence electrons. The van der Waals surface area contributed by atoms with Gasteiger partial charge in [-0.15, -0.1) is 11.3 Å². The molecular formula is C20H21N3S. The number of hydrogen-bond donors (Lipinski definition) is 1. The highest BCUT2D eigenvalue weighted by molar-refractivity contribution is 7.13. The molecule has 1 atom stereocenters. The first-order chi connectivity index (χ1) is 11.7. The lowest BCUT2D eigenvalue weighted by molar-refractivity contribution is 0.266. The van der Waals surface area contributed by atoms with Crippen LogP contribution in [0.25, 0.3) is 10.4 Å². The molecule has 1 aliphatic heterocycles. The lowest BCUT2D eigenvalue weighted by Crippen LogP contribution is -2.28. The summed E-state index contributed by atoms with van der Waals surface area (Å²) in [6, 6.07) is 17.3. The fourth-order valence-electron chi connectivity index (χ4n) is 3.38. The van der Waals surface area contributed by atoms with Crippen LogP contribution in [-0.2, 0) is 13.1 Å². The monoisotopic (exact) mass is 335 g/mol. The molecule has 4 rings (SSSR count). The maximum Gasteiger partial charge on any atom is 0.0801 e. The summed E-state index contributed by atoms with van der Waals surface area (Å²) in [5.41, 5.74) is 14.7. The average Bonchev–Trinajstić information content (AvgIpc) is 3.20. The van der Waals surface area contributed by atoms with E-state index >= 15 is 0 Å². The molecule has 0 fully saturated rings. The summed E-state index contributed by atoms with van der Waals surface area (Å²) in [7, 11) is 0. The van der Waals surface area contributed by atoms with E-state index in [4.69, 9.17) is 5.73 Å². The quantitative estimate of drug-likeness (QED) is 0.779. The van der Waals surface area contributed by atoms with Crippen molar-refractivity contribution in [1.29, 1.82) is 0 Å². The molecule has 4 heteroatoms. The van der Waals surface area contributed by atoms with Crippen LogP contribution in [-0.4, -0.2) is 16.4 Å². The highest BCUT2D eigenvalue weighted by atomic mass is 32.1. The van der Waals surface area contributed by atoms with Crippen molar-refractivity contribution in [1.82, 2.24) is 9.88 Å². The van der Waals surface area contributed by atoms with Crippen molar-refractivity contribution in [2.45, 2.75) is 26.1 Å². The zero-order valence-corrected chi connectivity index (χ0v) is 14.6. The van der Waals surface area contributed by atoms with Crippen LogP contribution in [0.3, 0.4) is 0 Å². The van der Waals surface area contributed by atoms with E-state index in [0.717, 1.165) is 25.3 Å².